The summed E-state index contributed by atoms with van der Waals surface area (Å²) in [5.74, 6) is 0.738. The molecule has 5 heteroatoms. The Labute approximate surface area is 112 Å². The van der Waals surface area contributed by atoms with Crippen LogP contribution < -0.4 is 10.5 Å². The molecule has 2 N–H and O–H groups in total. The van der Waals surface area contributed by atoms with Gasteiger partial charge in [-0.05, 0) is 36.7 Å². The number of amides is 1. The molecule has 1 aliphatic rings. The van der Waals surface area contributed by atoms with E-state index in [4.69, 9.17) is 22.1 Å². The first-order chi connectivity index (χ1) is 8.61. The zero-order valence-electron chi connectivity index (χ0n) is 10.4. The van der Waals surface area contributed by atoms with Crippen LogP contribution in [0.15, 0.2) is 18.2 Å². The summed E-state index contributed by atoms with van der Waals surface area (Å²) in [6.45, 7) is 1.26. The Kier molecular flexibility index (Phi) is 4.09. The number of hydrogen-bond donors (Lipinski definition) is 1. The van der Waals surface area contributed by atoms with Crippen LogP contribution >= 0.6 is 11.6 Å². The third-order valence-corrected chi connectivity index (χ3v) is 3.32. The Morgan fingerprint density at radius 1 is 1.56 bits per heavy atom. The van der Waals surface area contributed by atoms with Gasteiger partial charge >= 0.3 is 0 Å². The third-order valence-electron chi connectivity index (χ3n) is 3.08. The van der Waals surface area contributed by atoms with Crippen molar-refractivity contribution in [2.75, 3.05) is 20.1 Å². The van der Waals surface area contributed by atoms with Crippen LogP contribution in [0, 0.1) is 0 Å². The average Bonchev–Trinajstić information content (AvgIpc) is 2.65. The minimum Gasteiger partial charge on any atom is -0.480 e. The van der Waals surface area contributed by atoms with Gasteiger partial charge in [-0.15, -0.1) is 0 Å². The van der Waals surface area contributed by atoms with Crippen molar-refractivity contribution in [2.24, 2.45) is 5.73 Å². The van der Waals surface area contributed by atoms with E-state index >= 15 is 0 Å². The van der Waals surface area contributed by atoms with E-state index < -0.39 is 0 Å². The standard InChI is InChI=1S/C13H17ClN2O2/c1-16-7-5-12(13(16)17)18-11-3-2-10(14)8-9(11)4-6-15/h2-3,8,12H,4-7,15H2,1H3. The highest BCUT2D eigenvalue weighted by Crippen LogP contribution is 2.26. The van der Waals surface area contributed by atoms with E-state index in [1.807, 2.05) is 6.07 Å². The topological polar surface area (TPSA) is 55.6 Å². The van der Waals surface area contributed by atoms with Crippen LogP contribution in [0.1, 0.15) is 12.0 Å². The molecule has 1 aromatic carbocycles. The van der Waals surface area contributed by atoms with Crippen LogP contribution in [-0.2, 0) is 11.2 Å². The maximum Gasteiger partial charge on any atom is 0.263 e. The number of nitrogens with zero attached hydrogens (tertiary/aromatic N) is 1. The molecule has 1 atom stereocenters. The van der Waals surface area contributed by atoms with Gasteiger partial charge in [0.1, 0.15) is 5.75 Å². The lowest BCUT2D eigenvalue weighted by atomic mass is 10.1. The molecular weight excluding hydrogens is 252 g/mol. The number of benzene rings is 1. The molecule has 0 aromatic heterocycles. The number of likely N-dealkylation sites (N-methyl/N-ethyl adjacent to an activating group) is 1. The fourth-order valence-corrected chi connectivity index (χ4v) is 2.26. The Bertz CT molecular complexity index is 451. The molecule has 1 unspecified atom stereocenters. The van der Waals surface area contributed by atoms with Crippen molar-refractivity contribution in [3.8, 4) is 5.75 Å². The number of ether oxygens (including phenoxy) is 1. The van der Waals surface area contributed by atoms with Gasteiger partial charge in [-0.3, -0.25) is 4.79 Å². The Balaban J connectivity index is 2.16. The lowest BCUT2D eigenvalue weighted by Gasteiger charge is -2.16. The van der Waals surface area contributed by atoms with E-state index in [-0.39, 0.29) is 12.0 Å². The third kappa shape index (κ3) is 2.76. The first-order valence-electron chi connectivity index (χ1n) is 6.02. The monoisotopic (exact) mass is 268 g/mol. The summed E-state index contributed by atoms with van der Waals surface area (Å²) in [7, 11) is 1.79. The second-order valence-corrected chi connectivity index (χ2v) is 4.88. The van der Waals surface area contributed by atoms with Crippen molar-refractivity contribution in [2.45, 2.75) is 18.9 Å². The number of carbonyl (C=O) groups is 1. The normalized spacial score (nSPS) is 19.4. The Morgan fingerprint density at radius 3 is 2.94 bits per heavy atom. The minimum atomic E-state index is -0.382. The molecule has 0 aliphatic carbocycles. The zero-order chi connectivity index (χ0) is 13.1. The van der Waals surface area contributed by atoms with Gasteiger partial charge in [-0.2, -0.15) is 0 Å². The summed E-state index contributed by atoms with van der Waals surface area (Å²) in [5.41, 5.74) is 6.51. The first-order valence-corrected chi connectivity index (χ1v) is 6.39. The summed E-state index contributed by atoms with van der Waals surface area (Å²) < 4.78 is 5.79. The lowest BCUT2D eigenvalue weighted by Crippen LogP contribution is -2.29. The number of likely N-dealkylation sites (tertiary alicyclic amines) is 1. The molecule has 1 fully saturated rings. The lowest BCUT2D eigenvalue weighted by molar-refractivity contribution is -0.132. The molecule has 1 aliphatic heterocycles. The molecule has 1 aromatic rings. The quantitative estimate of drug-likeness (QED) is 0.899. The molecule has 4 nitrogen and oxygen atoms in total. The van der Waals surface area contributed by atoms with Crippen LogP contribution in [0.5, 0.6) is 5.75 Å². The van der Waals surface area contributed by atoms with Gasteiger partial charge < -0.3 is 15.4 Å². The van der Waals surface area contributed by atoms with Gasteiger partial charge in [0.05, 0.1) is 0 Å². The number of halogens is 1. The predicted molar refractivity (Wildman–Crippen MR) is 70.9 cm³/mol. The SMILES string of the molecule is CN1CCC(Oc2ccc(Cl)cc2CCN)C1=O. The van der Waals surface area contributed by atoms with Gasteiger partial charge in [0.2, 0.25) is 0 Å². The van der Waals surface area contributed by atoms with Crippen LogP contribution in [-0.4, -0.2) is 37.0 Å². The minimum absolute atomic E-state index is 0.0312. The summed E-state index contributed by atoms with van der Waals surface area (Å²) in [6, 6.07) is 5.41. The summed E-state index contributed by atoms with van der Waals surface area (Å²) in [5, 5.41) is 0.653. The van der Waals surface area contributed by atoms with Crippen molar-refractivity contribution in [1.29, 1.82) is 0 Å². The highest BCUT2D eigenvalue weighted by molar-refractivity contribution is 6.30. The second kappa shape index (κ2) is 5.59. The summed E-state index contributed by atoms with van der Waals surface area (Å²) in [4.78, 5) is 13.5. The zero-order valence-corrected chi connectivity index (χ0v) is 11.1. The van der Waals surface area contributed by atoms with E-state index in [9.17, 15) is 4.79 Å². The highest BCUT2D eigenvalue weighted by atomic mass is 35.5. The van der Waals surface area contributed by atoms with Crippen LogP contribution in [0.2, 0.25) is 5.02 Å². The fourth-order valence-electron chi connectivity index (χ4n) is 2.07. The smallest absolute Gasteiger partial charge is 0.263 e. The van der Waals surface area contributed by atoms with Gasteiger partial charge in [0, 0.05) is 25.0 Å². The second-order valence-electron chi connectivity index (χ2n) is 4.45. The van der Waals surface area contributed by atoms with Crippen LogP contribution in [0.25, 0.3) is 0 Å². The first kappa shape index (κ1) is 13.2. The van der Waals surface area contributed by atoms with E-state index in [0.29, 0.717) is 23.7 Å². The number of rotatable bonds is 4. The molecule has 1 heterocycles. The van der Waals surface area contributed by atoms with Crippen molar-refractivity contribution >= 4 is 17.5 Å². The molecule has 1 saturated heterocycles. The molecular formula is C13H17ClN2O2. The highest BCUT2D eigenvalue weighted by Gasteiger charge is 2.31. The average molecular weight is 269 g/mol. The van der Waals surface area contributed by atoms with Gasteiger partial charge in [-0.1, -0.05) is 11.6 Å². The van der Waals surface area contributed by atoms with E-state index in [1.165, 1.54) is 0 Å². The van der Waals surface area contributed by atoms with Crippen molar-refractivity contribution in [3.63, 3.8) is 0 Å². The fraction of sp³-hybridized carbons (Fsp3) is 0.462. The van der Waals surface area contributed by atoms with E-state index in [2.05, 4.69) is 0 Å². The summed E-state index contributed by atoms with van der Waals surface area (Å²) >= 11 is 5.95. The maximum atomic E-state index is 11.8. The molecule has 2 rings (SSSR count). The van der Waals surface area contributed by atoms with Crippen molar-refractivity contribution < 1.29 is 9.53 Å². The maximum absolute atomic E-state index is 11.8. The molecule has 0 saturated carbocycles. The number of hydrogen-bond acceptors (Lipinski definition) is 3. The van der Waals surface area contributed by atoms with Gasteiger partial charge in [0.15, 0.2) is 6.10 Å². The van der Waals surface area contributed by atoms with Gasteiger partial charge in [-0.25, -0.2) is 0 Å². The van der Waals surface area contributed by atoms with Crippen molar-refractivity contribution in [1.82, 2.24) is 4.90 Å². The van der Waals surface area contributed by atoms with Crippen molar-refractivity contribution in [3.05, 3.63) is 28.8 Å². The number of nitrogens with two attached hydrogens (primary N) is 1. The van der Waals surface area contributed by atoms with Crippen LogP contribution in [0.4, 0.5) is 0 Å². The molecule has 98 valence electrons. The Hall–Kier alpha value is -1.26. The van der Waals surface area contributed by atoms with Crippen LogP contribution in [0.3, 0.4) is 0 Å². The van der Waals surface area contributed by atoms with E-state index in [1.54, 1.807) is 24.1 Å². The largest absolute Gasteiger partial charge is 0.480 e. The molecule has 0 spiro atoms. The molecule has 1 amide bonds. The Morgan fingerprint density at radius 2 is 2.33 bits per heavy atom. The van der Waals surface area contributed by atoms with E-state index in [0.717, 1.165) is 18.5 Å². The molecule has 18 heavy (non-hydrogen) atoms. The molecule has 0 bridgehead atoms. The number of carbonyl (C=O) groups excluding carboxylic acids is 1. The predicted octanol–water partition coefficient (Wildman–Crippen LogP) is 1.45. The summed E-state index contributed by atoms with van der Waals surface area (Å²) in [6.07, 6.45) is 1.03. The molecule has 0 radical (unpaired) electrons. The van der Waals surface area contributed by atoms with Gasteiger partial charge in [0.25, 0.3) is 5.91 Å².